The van der Waals surface area contributed by atoms with Gasteiger partial charge in [-0.05, 0) is 12.1 Å². The molecule has 0 fully saturated rings. The van der Waals surface area contributed by atoms with Crippen molar-refractivity contribution >= 4 is 15.8 Å². The van der Waals surface area contributed by atoms with Gasteiger partial charge in [0.15, 0.2) is 5.78 Å². The maximum Gasteiger partial charge on any atom is 0.471 e. The van der Waals surface area contributed by atoms with Crippen LogP contribution in [-0.4, -0.2) is 47.2 Å². The van der Waals surface area contributed by atoms with Crippen LogP contribution in [0.4, 0.5) is 13.2 Å². The molecule has 12 heteroatoms. The van der Waals surface area contributed by atoms with Gasteiger partial charge in [0.2, 0.25) is 15.8 Å². The molecule has 0 N–H and O–H groups in total. The molecule has 29 heavy (non-hydrogen) atoms. The Morgan fingerprint density at radius 3 is 2.28 bits per heavy atom. The first-order chi connectivity index (χ1) is 13.6. The van der Waals surface area contributed by atoms with Crippen molar-refractivity contribution in [3.8, 4) is 11.4 Å². The average Bonchev–Trinajstić information content (AvgIpc) is 3.19. The molecule has 0 amide bonds. The molecule has 8 nitrogen and oxygen atoms in total. The summed E-state index contributed by atoms with van der Waals surface area (Å²) in [5.74, 6) is -2.26. The number of Topliss-reactive ketones (excluding diaryl/α,β-unsaturated/α-hetero) is 1. The first-order valence-corrected chi connectivity index (χ1v) is 9.44. The van der Waals surface area contributed by atoms with Gasteiger partial charge in [-0.3, -0.25) is 9.78 Å². The van der Waals surface area contributed by atoms with Crippen molar-refractivity contribution < 1.29 is 30.9 Å². The minimum Gasteiger partial charge on any atom is -0.329 e. The van der Waals surface area contributed by atoms with Crippen LogP contribution in [0.2, 0.25) is 0 Å². The highest BCUT2D eigenvalue weighted by molar-refractivity contribution is 7.89. The molecule has 2 aromatic heterocycles. The third-order valence-electron chi connectivity index (χ3n) is 3.86. The number of benzene rings is 1. The number of alkyl halides is 3. The molecule has 0 atom stereocenters. The molecule has 0 saturated heterocycles. The summed E-state index contributed by atoms with van der Waals surface area (Å²) < 4.78 is 67.5. The normalized spacial score (nSPS) is 12.3. The van der Waals surface area contributed by atoms with E-state index in [2.05, 4.69) is 19.6 Å². The molecule has 0 aliphatic heterocycles. The maximum atomic E-state index is 12.5. The Hall–Kier alpha value is -3.12. The smallest absolute Gasteiger partial charge is 0.329 e. The largest absolute Gasteiger partial charge is 0.471 e. The lowest BCUT2D eigenvalue weighted by Crippen LogP contribution is -2.32. The van der Waals surface area contributed by atoms with Crippen LogP contribution in [0.25, 0.3) is 11.4 Å². The van der Waals surface area contributed by atoms with E-state index in [1.165, 1.54) is 55.8 Å². The highest BCUT2D eigenvalue weighted by atomic mass is 32.2. The number of rotatable bonds is 6. The monoisotopic (exact) mass is 426 g/mol. The third-order valence-corrected chi connectivity index (χ3v) is 5.68. The Bertz CT molecular complexity index is 1110. The van der Waals surface area contributed by atoms with E-state index in [1.807, 2.05) is 0 Å². The van der Waals surface area contributed by atoms with Crippen LogP contribution in [0.3, 0.4) is 0 Å². The molecule has 2 heterocycles. The number of hydrogen-bond acceptors (Lipinski definition) is 7. The highest BCUT2D eigenvalue weighted by Gasteiger charge is 2.38. The van der Waals surface area contributed by atoms with E-state index >= 15 is 0 Å². The summed E-state index contributed by atoms with van der Waals surface area (Å²) in [5, 5.41) is 3.26. The van der Waals surface area contributed by atoms with E-state index in [0.29, 0.717) is 0 Å². The van der Waals surface area contributed by atoms with Crippen LogP contribution in [0, 0.1) is 0 Å². The van der Waals surface area contributed by atoms with Crippen molar-refractivity contribution in [2.24, 2.45) is 0 Å². The van der Waals surface area contributed by atoms with E-state index in [-0.39, 0.29) is 21.8 Å². The molecule has 0 aliphatic rings. The Morgan fingerprint density at radius 2 is 1.72 bits per heavy atom. The molecule has 0 aliphatic carbocycles. The number of carbonyl (C=O) groups is 1. The highest BCUT2D eigenvalue weighted by Crippen LogP contribution is 2.29. The predicted octanol–water partition coefficient (Wildman–Crippen LogP) is 2.65. The first kappa shape index (κ1) is 20.6. The second-order valence-electron chi connectivity index (χ2n) is 5.87. The van der Waals surface area contributed by atoms with E-state index < -0.39 is 34.4 Å². The number of likely N-dealkylation sites (N-methyl/N-ethyl adjacent to an activating group) is 1. The molecule has 0 unspecified atom stereocenters. The van der Waals surface area contributed by atoms with Gasteiger partial charge in [-0.15, -0.1) is 0 Å². The van der Waals surface area contributed by atoms with Crippen molar-refractivity contribution in [3.63, 3.8) is 0 Å². The molecule has 0 radical (unpaired) electrons. The van der Waals surface area contributed by atoms with Crippen molar-refractivity contribution in [1.82, 2.24) is 19.4 Å². The molecule has 1 aromatic carbocycles. The number of hydrogen-bond donors (Lipinski definition) is 0. The summed E-state index contributed by atoms with van der Waals surface area (Å²) in [6.45, 7) is -0.426. The van der Waals surface area contributed by atoms with Crippen LogP contribution < -0.4 is 0 Å². The first-order valence-electron chi connectivity index (χ1n) is 8.00. The molecule has 3 aromatic rings. The molecule has 3 rings (SSSR count). The van der Waals surface area contributed by atoms with Gasteiger partial charge < -0.3 is 4.52 Å². The van der Waals surface area contributed by atoms with E-state index in [9.17, 15) is 26.4 Å². The summed E-state index contributed by atoms with van der Waals surface area (Å²) in [5.41, 5.74) is 0.378. The zero-order valence-corrected chi connectivity index (χ0v) is 15.6. The molecule has 0 spiro atoms. The number of carbonyl (C=O) groups excluding carboxylic acids is 1. The quantitative estimate of drug-likeness (QED) is 0.558. The van der Waals surface area contributed by atoms with E-state index in [0.717, 1.165) is 4.31 Å². The minimum atomic E-state index is -4.76. The number of ketones is 1. The Kier molecular flexibility index (Phi) is 5.48. The van der Waals surface area contributed by atoms with Gasteiger partial charge >= 0.3 is 12.1 Å². The van der Waals surface area contributed by atoms with Crippen molar-refractivity contribution in [1.29, 1.82) is 0 Å². The molecule has 0 bridgehead atoms. The summed E-state index contributed by atoms with van der Waals surface area (Å²) >= 11 is 0. The van der Waals surface area contributed by atoms with Gasteiger partial charge in [-0.25, -0.2) is 8.42 Å². The zero-order chi connectivity index (χ0) is 21.2. The summed E-state index contributed by atoms with van der Waals surface area (Å²) in [4.78, 5) is 19.4. The molecule has 152 valence electrons. The fourth-order valence-electron chi connectivity index (χ4n) is 2.33. The fraction of sp³-hybridized carbons (Fsp3) is 0.176. The second kappa shape index (κ2) is 7.72. The number of nitrogens with zero attached hydrogens (tertiary/aromatic N) is 4. The summed E-state index contributed by atoms with van der Waals surface area (Å²) in [7, 11) is -2.61. The third kappa shape index (κ3) is 4.49. The SMILES string of the molecule is CN(CC(=O)c1ccc(-c2noc(C(F)(F)F)n2)cc1)S(=O)(=O)c1ccncc1. The Labute approximate surface area is 163 Å². The number of aromatic nitrogens is 3. The lowest BCUT2D eigenvalue weighted by molar-refractivity contribution is -0.159. The predicted molar refractivity (Wildman–Crippen MR) is 93.1 cm³/mol. The summed E-state index contributed by atoms with van der Waals surface area (Å²) in [6.07, 6.45) is -2.11. The van der Waals surface area contributed by atoms with Crippen LogP contribution in [-0.2, 0) is 16.2 Å². The standard InChI is InChI=1S/C17H13F3N4O4S/c1-24(29(26,27)13-6-8-21-9-7-13)10-14(25)11-2-4-12(5-3-11)15-22-16(28-23-15)17(18,19)20/h2-9H,10H2,1H3. The van der Waals surface area contributed by atoms with Gasteiger partial charge in [-0.1, -0.05) is 29.4 Å². The number of halogens is 3. The maximum absolute atomic E-state index is 12.5. The van der Waals surface area contributed by atoms with Crippen molar-refractivity contribution in [3.05, 3.63) is 60.2 Å². The van der Waals surface area contributed by atoms with Crippen molar-refractivity contribution in [2.45, 2.75) is 11.1 Å². The molecule has 0 saturated carbocycles. The summed E-state index contributed by atoms with van der Waals surface area (Å²) in [6, 6.07) is 7.99. The lowest BCUT2D eigenvalue weighted by atomic mass is 10.1. The second-order valence-corrected chi connectivity index (χ2v) is 7.91. The van der Waals surface area contributed by atoms with Gasteiger partial charge in [0, 0.05) is 30.6 Å². The number of sulfonamides is 1. The van der Waals surface area contributed by atoms with E-state index in [1.54, 1.807) is 0 Å². The van der Waals surface area contributed by atoms with Crippen LogP contribution in [0.5, 0.6) is 0 Å². The van der Waals surface area contributed by atoms with Crippen LogP contribution >= 0.6 is 0 Å². The Morgan fingerprint density at radius 1 is 1.10 bits per heavy atom. The lowest BCUT2D eigenvalue weighted by Gasteiger charge is -2.16. The van der Waals surface area contributed by atoms with Gasteiger partial charge in [-0.2, -0.15) is 22.5 Å². The Balaban J connectivity index is 1.73. The molecular formula is C17H13F3N4O4S. The topological polar surface area (TPSA) is 106 Å². The van der Waals surface area contributed by atoms with Gasteiger partial charge in [0.05, 0.1) is 11.4 Å². The average molecular weight is 426 g/mol. The van der Waals surface area contributed by atoms with Gasteiger partial charge in [0.1, 0.15) is 0 Å². The van der Waals surface area contributed by atoms with E-state index in [4.69, 9.17) is 0 Å². The minimum absolute atomic E-state index is 0.00396. The van der Waals surface area contributed by atoms with Crippen molar-refractivity contribution in [2.75, 3.05) is 13.6 Å². The molecular weight excluding hydrogens is 413 g/mol. The van der Waals surface area contributed by atoms with Gasteiger partial charge in [0.25, 0.3) is 0 Å². The fourth-order valence-corrected chi connectivity index (χ4v) is 3.44. The number of pyridine rings is 1. The zero-order valence-electron chi connectivity index (χ0n) is 14.8. The van der Waals surface area contributed by atoms with Crippen LogP contribution in [0.15, 0.2) is 58.2 Å². The van der Waals surface area contributed by atoms with Crippen LogP contribution in [0.1, 0.15) is 16.2 Å².